The Bertz CT molecular complexity index is 1580. The summed E-state index contributed by atoms with van der Waals surface area (Å²) in [4.78, 5) is 12.8. The van der Waals surface area contributed by atoms with Crippen LogP contribution in [0.15, 0.2) is 87.0 Å². The zero-order valence-corrected chi connectivity index (χ0v) is 20.2. The van der Waals surface area contributed by atoms with Gasteiger partial charge >= 0.3 is 6.01 Å². The summed E-state index contributed by atoms with van der Waals surface area (Å²) >= 11 is 0. The van der Waals surface area contributed by atoms with Crippen LogP contribution in [0.2, 0.25) is 0 Å². The van der Waals surface area contributed by atoms with Crippen molar-refractivity contribution in [3.05, 3.63) is 83.9 Å². The summed E-state index contributed by atoms with van der Waals surface area (Å²) in [6.07, 6.45) is 1.11. The van der Waals surface area contributed by atoms with Crippen LogP contribution in [0.3, 0.4) is 0 Å². The van der Waals surface area contributed by atoms with Crippen LogP contribution in [-0.4, -0.2) is 39.2 Å². The van der Waals surface area contributed by atoms with Gasteiger partial charge < -0.3 is 4.42 Å². The largest absolute Gasteiger partial charge is 0.403 e. The van der Waals surface area contributed by atoms with E-state index >= 15 is 0 Å². The average Bonchev–Trinajstić information content (AvgIpc) is 3.27. The molecular weight excluding hydrogens is 492 g/mol. The highest BCUT2D eigenvalue weighted by Crippen LogP contribution is 2.22. The summed E-state index contributed by atoms with van der Waals surface area (Å²) in [5.41, 5.74) is 1.95. The molecule has 4 rings (SSSR count). The van der Waals surface area contributed by atoms with Crippen LogP contribution in [0.4, 0.5) is 11.7 Å². The Kier molecular flexibility index (Phi) is 6.41. The second-order valence-electron chi connectivity index (χ2n) is 7.66. The molecule has 35 heavy (non-hydrogen) atoms. The molecule has 0 radical (unpaired) electrons. The second kappa shape index (κ2) is 9.31. The van der Waals surface area contributed by atoms with E-state index in [9.17, 15) is 21.6 Å². The first-order valence-corrected chi connectivity index (χ1v) is 13.5. The highest BCUT2D eigenvalue weighted by atomic mass is 32.2. The molecule has 0 aliphatic carbocycles. The lowest BCUT2D eigenvalue weighted by Crippen LogP contribution is -2.14. The quantitative estimate of drug-likeness (QED) is 0.382. The van der Waals surface area contributed by atoms with Crippen molar-refractivity contribution in [1.82, 2.24) is 10.2 Å². The molecule has 1 amide bonds. The average molecular weight is 513 g/mol. The summed E-state index contributed by atoms with van der Waals surface area (Å²) < 4.78 is 56.1. The maximum Gasteiger partial charge on any atom is 0.322 e. The monoisotopic (exact) mass is 512 g/mol. The third-order valence-corrected chi connectivity index (χ3v) is 7.43. The van der Waals surface area contributed by atoms with Crippen molar-refractivity contribution in [2.75, 3.05) is 16.3 Å². The number of aromatic nitrogens is 2. The fraction of sp³-hybridized carbons (Fsp3) is 0.0870. The highest BCUT2D eigenvalue weighted by Gasteiger charge is 2.16. The van der Waals surface area contributed by atoms with E-state index in [0.29, 0.717) is 11.3 Å². The topological polar surface area (TPSA) is 148 Å². The minimum absolute atomic E-state index is 0.0983. The Hall–Kier alpha value is -4.03. The third-order valence-electron chi connectivity index (χ3n) is 4.91. The van der Waals surface area contributed by atoms with Crippen molar-refractivity contribution in [2.45, 2.75) is 16.7 Å². The number of aryl methyl sites for hydroxylation is 1. The molecule has 1 heterocycles. The minimum atomic E-state index is -3.76. The number of nitrogens with one attached hydrogen (secondary N) is 2. The molecule has 0 saturated heterocycles. The van der Waals surface area contributed by atoms with Gasteiger partial charge in [0, 0.05) is 23.1 Å². The predicted octanol–water partition coefficient (Wildman–Crippen LogP) is 3.50. The summed E-state index contributed by atoms with van der Waals surface area (Å²) in [5, 5.41) is 10.1. The number of sulfonamides is 1. The second-order valence-corrected chi connectivity index (χ2v) is 11.4. The molecule has 0 saturated carbocycles. The first-order chi connectivity index (χ1) is 16.5. The molecule has 0 fully saturated rings. The number of amides is 1. The lowest BCUT2D eigenvalue weighted by molar-refractivity contribution is 0.102. The highest BCUT2D eigenvalue weighted by molar-refractivity contribution is 7.92. The van der Waals surface area contributed by atoms with E-state index in [2.05, 4.69) is 20.2 Å². The van der Waals surface area contributed by atoms with Crippen molar-refractivity contribution in [3.63, 3.8) is 0 Å². The maximum absolute atomic E-state index is 12.5. The van der Waals surface area contributed by atoms with E-state index < -0.39 is 25.8 Å². The van der Waals surface area contributed by atoms with Crippen molar-refractivity contribution in [1.29, 1.82) is 0 Å². The van der Waals surface area contributed by atoms with Gasteiger partial charge in [0.1, 0.15) is 0 Å². The van der Waals surface area contributed by atoms with E-state index in [4.69, 9.17) is 4.42 Å². The van der Waals surface area contributed by atoms with Crippen LogP contribution in [-0.2, 0) is 19.9 Å². The fourth-order valence-electron chi connectivity index (χ4n) is 3.03. The predicted molar refractivity (Wildman–Crippen MR) is 129 cm³/mol. The molecule has 0 bridgehead atoms. The fourth-order valence-corrected chi connectivity index (χ4v) is 4.71. The summed E-state index contributed by atoms with van der Waals surface area (Å²) in [6, 6.07) is 18.0. The molecule has 12 heteroatoms. The molecule has 0 aliphatic heterocycles. The van der Waals surface area contributed by atoms with Gasteiger partial charge in [-0.1, -0.05) is 22.8 Å². The van der Waals surface area contributed by atoms with Crippen LogP contribution < -0.4 is 10.0 Å². The van der Waals surface area contributed by atoms with Crippen molar-refractivity contribution >= 4 is 37.5 Å². The zero-order valence-electron chi connectivity index (χ0n) is 18.6. The van der Waals surface area contributed by atoms with Gasteiger partial charge in [-0.05, 0) is 67.6 Å². The van der Waals surface area contributed by atoms with E-state index in [0.717, 1.165) is 11.8 Å². The van der Waals surface area contributed by atoms with Crippen LogP contribution in [0.5, 0.6) is 0 Å². The number of hydrogen-bond acceptors (Lipinski definition) is 8. The number of rotatable bonds is 7. The van der Waals surface area contributed by atoms with Crippen LogP contribution >= 0.6 is 0 Å². The molecule has 0 spiro atoms. The molecule has 3 aromatic carbocycles. The first kappa shape index (κ1) is 24.1. The molecule has 0 unspecified atom stereocenters. The Balaban J connectivity index is 1.42. The standard InChI is InChI=1S/C23H20N4O6S2/c1-15-3-11-20(12-4-15)35(31,32)27-18-9-5-16(6-10-18)21(28)24-23-26-25-22(33-23)17-7-13-19(14-8-17)34(2,29)30/h3-14,27H,1-2H3,(H,24,26,28). The van der Waals surface area contributed by atoms with E-state index in [1.54, 1.807) is 12.1 Å². The van der Waals surface area contributed by atoms with E-state index in [-0.39, 0.29) is 27.3 Å². The van der Waals surface area contributed by atoms with Crippen LogP contribution in [0, 0.1) is 6.92 Å². The van der Waals surface area contributed by atoms with Crippen LogP contribution in [0.25, 0.3) is 11.5 Å². The Morgan fingerprint density at radius 2 is 1.40 bits per heavy atom. The smallest absolute Gasteiger partial charge is 0.322 e. The van der Waals surface area contributed by atoms with Gasteiger partial charge in [0.05, 0.1) is 9.79 Å². The molecule has 4 aromatic rings. The third kappa shape index (κ3) is 5.73. The van der Waals surface area contributed by atoms with Crippen molar-refractivity contribution in [3.8, 4) is 11.5 Å². The molecule has 0 aliphatic rings. The molecule has 1 aromatic heterocycles. The summed E-state index contributed by atoms with van der Waals surface area (Å²) in [7, 11) is -7.10. The molecule has 0 atom stereocenters. The Morgan fingerprint density at radius 3 is 2.00 bits per heavy atom. The van der Waals surface area contributed by atoms with Gasteiger partial charge in [-0.15, -0.1) is 5.10 Å². The lowest BCUT2D eigenvalue weighted by atomic mass is 10.2. The van der Waals surface area contributed by atoms with Gasteiger partial charge in [0.2, 0.25) is 5.89 Å². The van der Waals surface area contributed by atoms with E-state index in [1.165, 1.54) is 60.7 Å². The summed E-state index contributed by atoms with van der Waals surface area (Å²) in [6.45, 7) is 1.86. The van der Waals surface area contributed by atoms with E-state index in [1.807, 2.05) is 6.92 Å². The first-order valence-electron chi connectivity index (χ1n) is 10.2. The number of nitrogens with zero attached hydrogens (tertiary/aromatic N) is 2. The van der Waals surface area contributed by atoms with Crippen molar-refractivity contribution in [2.24, 2.45) is 0 Å². The normalized spacial score (nSPS) is 11.7. The minimum Gasteiger partial charge on any atom is -0.403 e. The number of carbonyl (C=O) groups excluding carboxylic acids is 1. The van der Waals surface area contributed by atoms with Gasteiger partial charge in [0.25, 0.3) is 15.9 Å². The van der Waals surface area contributed by atoms with Gasteiger partial charge in [-0.2, -0.15) is 0 Å². The summed E-state index contributed by atoms with van der Waals surface area (Å²) in [5.74, 6) is -0.443. The van der Waals surface area contributed by atoms with Gasteiger partial charge in [0.15, 0.2) is 9.84 Å². The Labute approximate surface area is 202 Å². The van der Waals surface area contributed by atoms with Crippen LogP contribution in [0.1, 0.15) is 15.9 Å². The molecule has 2 N–H and O–H groups in total. The van der Waals surface area contributed by atoms with Crippen molar-refractivity contribution < 1.29 is 26.0 Å². The SMILES string of the molecule is Cc1ccc(S(=O)(=O)Nc2ccc(C(=O)Nc3nnc(-c4ccc(S(C)(=O)=O)cc4)o3)cc2)cc1. The molecule has 180 valence electrons. The lowest BCUT2D eigenvalue weighted by Gasteiger charge is -2.09. The number of sulfone groups is 1. The Morgan fingerprint density at radius 1 is 0.800 bits per heavy atom. The zero-order chi connectivity index (χ0) is 25.2. The molecule has 10 nitrogen and oxygen atoms in total. The molecular formula is C23H20N4O6S2. The number of benzene rings is 3. The number of hydrogen-bond donors (Lipinski definition) is 2. The number of carbonyl (C=O) groups is 1. The van der Waals surface area contributed by atoms with Gasteiger partial charge in [-0.25, -0.2) is 16.8 Å². The van der Waals surface area contributed by atoms with Gasteiger partial charge in [-0.3, -0.25) is 14.8 Å². The number of anilines is 2. The maximum atomic E-state index is 12.5.